The molecule has 0 aliphatic carbocycles. The summed E-state index contributed by atoms with van der Waals surface area (Å²) in [5, 5.41) is 7.52. The number of aromatic nitrogens is 3. The van der Waals surface area contributed by atoms with E-state index in [0.29, 0.717) is 18.1 Å². The van der Waals surface area contributed by atoms with Crippen LogP contribution in [0.1, 0.15) is 18.4 Å². The van der Waals surface area contributed by atoms with E-state index in [-0.39, 0.29) is 6.04 Å². The quantitative estimate of drug-likeness (QED) is 0.390. The van der Waals surface area contributed by atoms with Crippen molar-refractivity contribution in [3.63, 3.8) is 0 Å². The Kier molecular flexibility index (Phi) is 5.87. The molecule has 0 radical (unpaired) electrons. The first-order valence-corrected chi connectivity index (χ1v) is 11.2. The van der Waals surface area contributed by atoms with Gasteiger partial charge < -0.3 is 20.2 Å². The maximum Gasteiger partial charge on any atom is 0.229 e. The highest BCUT2D eigenvalue weighted by atomic mass is 32.1. The number of thiazole rings is 1. The molecule has 0 spiro atoms. The van der Waals surface area contributed by atoms with Crippen LogP contribution in [0.25, 0.3) is 15.8 Å². The Morgan fingerprint density at radius 3 is 2.91 bits per heavy atom. The normalized spacial score (nSPS) is 15.9. The summed E-state index contributed by atoms with van der Waals surface area (Å²) in [6, 6.07) is 15.8. The van der Waals surface area contributed by atoms with E-state index >= 15 is 0 Å². The van der Waals surface area contributed by atoms with Crippen molar-refractivity contribution in [2.75, 3.05) is 11.9 Å². The molecule has 1 atom stereocenters. The van der Waals surface area contributed by atoms with Crippen molar-refractivity contribution in [3.05, 3.63) is 72.7 Å². The lowest BCUT2D eigenvalue weighted by Gasteiger charge is -2.22. The Morgan fingerprint density at radius 1 is 1.19 bits per heavy atom. The maximum atomic E-state index is 10.9. The van der Waals surface area contributed by atoms with Gasteiger partial charge in [0.1, 0.15) is 18.4 Å². The van der Waals surface area contributed by atoms with Crippen LogP contribution in [0.3, 0.4) is 0 Å². The molecular formula is C24H21N5O2S. The smallest absolute Gasteiger partial charge is 0.229 e. The molecule has 3 heterocycles. The Hall–Kier alpha value is -3.62. The lowest BCUT2D eigenvalue weighted by molar-refractivity contribution is -0.108. The minimum absolute atomic E-state index is 0.0252. The lowest BCUT2D eigenvalue weighted by Crippen LogP contribution is -2.32. The van der Waals surface area contributed by atoms with Crippen LogP contribution in [0.2, 0.25) is 0 Å². The second-order valence-corrected chi connectivity index (χ2v) is 8.42. The summed E-state index contributed by atoms with van der Waals surface area (Å²) in [6.07, 6.45) is 7.50. The number of carbonyl (C=O) groups is 1. The molecule has 160 valence electrons. The zero-order valence-electron chi connectivity index (χ0n) is 17.2. The standard InChI is InChI=1S/C24H21N5O2S/c30-12-10-18-13-16(9-11-26-18)20-14-25-15-27-23(20)31-19-7-5-17(6-8-19)28-24-29-21-3-1-2-4-22(21)32-24/h1-8,12-15,18,26H,9-11H2,(H,28,29). The number of para-hydroxylation sites is 1. The number of anilines is 2. The fourth-order valence-electron chi connectivity index (χ4n) is 3.64. The molecule has 2 aromatic carbocycles. The zero-order chi connectivity index (χ0) is 21.8. The van der Waals surface area contributed by atoms with Gasteiger partial charge >= 0.3 is 0 Å². The Bertz CT molecular complexity index is 1240. The van der Waals surface area contributed by atoms with Crippen molar-refractivity contribution in [1.82, 2.24) is 20.3 Å². The number of benzene rings is 2. The molecule has 0 amide bonds. The fourth-order valence-corrected chi connectivity index (χ4v) is 4.53. The van der Waals surface area contributed by atoms with E-state index in [2.05, 4.69) is 37.7 Å². The Labute approximate surface area is 189 Å². The van der Waals surface area contributed by atoms with Crippen molar-refractivity contribution < 1.29 is 9.53 Å². The molecule has 0 saturated carbocycles. The summed E-state index contributed by atoms with van der Waals surface area (Å²) >= 11 is 1.62. The van der Waals surface area contributed by atoms with Gasteiger partial charge in [0.25, 0.3) is 0 Å². The van der Waals surface area contributed by atoms with Gasteiger partial charge in [-0.15, -0.1) is 0 Å². The molecule has 7 nitrogen and oxygen atoms in total. The van der Waals surface area contributed by atoms with Crippen LogP contribution in [-0.4, -0.2) is 33.8 Å². The summed E-state index contributed by atoms with van der Waals surface area (Å²) in [4.78, 5) is 24.0. The van der Waals surface area contributed by atoms with Gasteiger partial charge in [-0.05, 0) is 54.9 Å². The van der Waals surface area contributed by atoms with Crippen molar-refractivity contribution in [3.8, 4) is 11.6 Å². The molecule has 4 aromatic rings. The van der Waals surface area contributed by atoms with Crippen LogP contribution < -0.4 is 15.4 Å². The highest BCUT2D eigenvalue weighted by Gasteiger charge is 2.18. The van der Waals surface area contributed by atoms with Crippen LogP contribution in [0.15, 0.2) is 67.1 Å². The van der Waals surface area contributed by atoms with Gasteiger partial charge in [0.05, 0.1) is 15.8 Å². The second-order valence-electron chi connectivity index (χ2n) is 7.38. The molecule has 8 heteroatoms. The van der Waals surface area contributed by atoms with Gasteiger partial charge in [0, 0.05) is 24.3 Å². The van der Waals surface area contributed by atoms with E-state index in [1.165, 1.54) is 6.33 Å². The molecule has 1 aliphatic heterocycles. The topological polar surface area (TPSA) is 89.0 Å². The average Bonchev–Trinajstić information content (AvgIpc) is 3.23. The van der Waals surface area contributed by atoms with Gasteiger partial charge in [-0.3, -0.25) is 0 Å². The number of aldehydes is 1. The molecule has 0 bridgehead atoms. The molecule has 5 rings (SSSR count). The maximum absolute atomic E-state index is 10.9. The number of hydrogen-bond donors (Lipinski definition) is 2. The van der Waals surface area contributed by atoms with E-state index < -0.39 is 0 Å². The van der Waals surface area contributed by atoms with Gasteiger partial charge in [-0.25, -0.2) is 15.0 Å². The number of rotatable bonds is 7. The molecule has 2 N–H and O–H groups in total. The molecule has 1 unspecified atom stereocenters. The predicted molar refractivity (Wildman–Crippen MR) is 127 cm³/mol. The summed E-state index contributed by atoms with van der Waals surface area (Å²) in [7, 11) is 0. The summed E-state index contributed by atoms with van der Waals surface area (Å²) < 4.78 is 7.24. The van der Waals surface area contributed by atoms with Crippen LogP contribution in [0.4, 0.5) is 10.8 Å². The first-order chi connectivity index (χ1) is 15.8. The molecule has 2 aromatic heterocycles. The minimum Gasteiger partial charge on any atom is -0.438 e. The highest BCUT2D eigenvalue weighted by Crippen LogP contribution is 2.32. The van der Waals surface area contributed by atoms with Gasteiger partial charge in [0.15, 0.2) is 5.13 Å². The SMILES string of the molecule is O=CCC1C=C(c2cncnc2Oc2ccc(Nc3nc4ccccc4s3)cc2)CCN1. The van der Waals surface area contributed by atoms with Crippen molar-refractivity contribution in [2.24, 2.45) is 0 Å². The number of nitrogens with zero attached hydrogens (tertiary/aromatic N) is 3. The van der Waals surface area contributed by atoms with Crippen molar-refractivity contribution in [1.29, 1.82) is 0 Å². The van der Waals surface area contributed by atoms with Crippen LogP contribution in [-0.2, 0) is 4.79 Å². The van der Waals surface area contributed by atoms with Crippen molar-refractivity contribution in [2.45, 2.75) is 18.9 Å². The fraction of sp³-hybridized carbons (Fsp3) is 0.167. The third-order valence-corrected chi connectivity index (χ3v) is 6.14. The Balaban J connectivity index is 1.32. The van der Waals surface area contributed by atoms with E-state index in [9.17, 15) is 4.79 Å². The number of carbonyl (C=O) groups excluding carboxylic acids is 1. The molecule has 1 aliphatic rings. The predicted octanol–water partition coefficient (Wildman–Crippen LogP) is 4.96. The number of hydrogen-bond acceptors (Lipinski definition) is 8. The molecule has 32 heavy (non-hydrogen) atoms. The summed E-state index contributed by atoms with van der Waals surface area (Å²) in [6.45, 7) is 0.796. The summed E-state index contributed by atoms with van der Waals surface area (Å²) in [5.41, 5.74) is 3.85. The third-order valence-electron chi connectivity index (χ3n) is 5.19. The first-order valence-electron chi connectivity index (χ1n) is 10.4. The largest absolute Gasteiger partial charge is 0.438 e. The summed E-state index contributed by atoms with van der Waals surface area (Å²) in [5.74, 6) is 1.18. The van der Waals surface area contributed by atoms with Crippen LogP contribution in [0, 0.1) is 0 Å². The number of fused-ring (bicyclic) bond motifs is 1. The van der Waals surface area contributed by atoms with Gasteiger partial charge in [0.2, 0.25) is 5.88 Å². The van der Waals surface area contributed by atoms with Crippen molar-refractivity contribution >= 4 is 44.2 Å². The van der Waals surface area contributed by atoms with Gasteiger partial charge in [-0.1, -0.05) is 29.5 Å². The molecule has 0 fully saturated rings. The minimum atomic E-state index is 0.0252. The van der Waals surface area contributed by atoms with Crippen LogP contribution in [0.5, 0.6) is 11.6 Å². The first kappa shape index (κ1) is 20.3. The van der Waals surface area contributed by atoms with E-state index in [1.807, 2.05) is 42.5 Å². The van der Waals surface area contributed by atoms with E-state index in [0.717, 1.165) is 51.4 Å². The second kappa shape index (κ2) is 9.25. The zero-order valence-corrected chi connectivity index (χ0v) is 18.0. The monoisotopic (exact) mass is 443 g/mol. The average molecular weight is 444 g/mol. The Morgan fingerprint density at radius 2 is 2.06 bits per heavy atom. The molecular weight excluding hydrogens is 422 g/mol. The number of ether oxygens (including phenoxy) is 1. The highest BCUT2D eigenvalue weighted by molar-refractivity contribution is 7.22. The van der Waals surface area contributed by atoms with Crippen LogP contribution >= 0.6 is 11.3 Å². The third kappa shape index (κ3) is 4.51. The lowest BCUT2D eigenvalue weighted by atomic mass is 9.98. The number of nitrogens with one attached hydrogen (secondary N) is 2. The van der Waals surface area contributed by atoms with E-state index in [1.54, 1.807) is 17.5 Å². The van der Waals surface area contributed by atoms with Gasteiger partial charge in [-0.2, -0.15) is 0 Å². The van der Waals surface area contributed by atoms with E-state index in [4.69, 9.17) is 4.74 Å². The molecule has 0 saturated heterocycles.